The van der Waals surface area contributed by atoms with E-state index in [0.29, 0.717) is 22.2 Å². The second kappa shape index (κ2) is 7.52. The fraction of sp³-hybridized carbons (Fsp3) is 0.0952. The van der Waals surface area contributed by atoms with E-state index in [1.165, 1.54) is 18.2 Å². The maximum atomic E-state index is 14.4. The standard InChI is InChI=1S/C21H17ClFN5O/c1-28(2)20-18(26-17-7-9-25-19-13(17)4-3-8-24-19)11-15(21(29)27-20)14-10-12(22)5-6-16(14)23/h3-11H,1-2H3,(H,27,29)(H,24,25,26). The molecule has 0 amide bonds. The summed E-state index contributed by atoms with van der Waals surface area (Å²) in [7, 11) is 3.62. The number of pyridine rings is 3. The maximum absolute atomic E-state index is 14.4. The fourth-order valence-electron chi connectivity index (χ4n) is 3.11. The average Bonchev–Trinajstić information content (AvgIpc) is 2.71. The van der Waals surface area contributed by atoms with Gasteiger partial charge in [-0.25, -0.2) is 14.4 Å². The molecular formula is C21H17ClFN5O. The molecule has 3 aromatic heterocycles. The highest BCUT2D eigenvalue weighted by atomic mass is 35.5. The number of hydrogen-bond acceptors (Lipinski definition) is 5. The third kappa shape index (κ3) is 3.64. The SMILES string of the molecule is CN(C)c1[nH]c(=O)c(-c2cc(Cl)ccc2F)cc1Nc1ccnc2ncccc12. The summed E-state index contributed by atoms with van der Waals surface area (Å²) in [6.45, 7) is 0. The Balaban J connectivity index is 1.90. The van der Waals surface area contributed by atoms with Crippen LogP contribution in [0.1, 0.15) is 0 Å². The summed E-state index contributed by atoms with van der Waals surface area (Å²) in [5, 5.41) is 4.49. The van der Waals surface area contributed by atoms with Gasteiger partial charge in [-0.2, -0.15) is 0 Å². The van der Waals surface area contributed by atoms with Gasteiger partial charge in [0.1, 0.15) is 11.6 Å². The highest BCUT2D eigenvalue weighted by Gasteiger charge is 2.16. The normalized spacial score (nSPS) is 10.9. The molecule has 6 nitrogen and oxygen atoms in total. The fourth-order valence-corrected chi connectivity index (χ4v) is 3.28. The van der Waals surface area contributed by atoms with Crippen molar-refractivity contribution in [1.29, 1.82) is 0 Å². The number of fused-ring (bicyclic) bond motifs is 1. The molecule has 0 aliphatic carbocycles. The topological polar surface area (TPSA) is 73.9 Å². The Morgan fingerprint density at radius 1 is 1.03 bits per heavy atom. The predicted molar refractivity (Wildman–Crippen MR) is 115 cm³/mol. The van der Waals surface area contributed by atoms with Gasteiger partial charge in [-0.15, -0.1) is 0 Å². The molecule has 0 aliphatic heterocycles. The van der Waals surface area contributed by atoms with Gasteiger partial charge < -0.3 is 15.2 Å². The molecule has 29 heavy (non-hydrogen) atoms. The number of nitrogens with one attached hydrogen (secondary N) is 2. The molecule has 4 rings (SSSR count). The molecule has 146 valence electrons. The lowest BCUT2D eigenvalue weighted by atomic mass is 10.1. The monoisotopic (exact) mass is 409 g/mol. The number of benzene rings is 1. The Morgan fingerprint density at radius 2 is 1.83 bits per heavy atom. The molecular weight excluding hydrogens is 393 g/mol. The summed E-state index contributed by atoms with van der Waals surface area (Å²) in [5.41, 5.74) is 1.84. The zero-order chi connectivity index (χ0) is 20.5. The third-order valence-electron chi connectivity index (χ3n) is 4.47. The van der Waals surface area contributed by atoms with E-state index in [2.05, 4.69) is 20.3 Å². The molecule has 0 saturated carbocycles. The summed E-state index contributed by atoms with van der Waals surface area (Å²) in [5.74, 6) is 0.0250. The molecule has 0 bridgehead atoms. The molecule has 0 radical (unpaired) electrons. The number of halogens is 2. The molecule has 0 unspecified atom stereocenters. The van der Waals surface area contributed by atoms with Gasteiger partial charge in [-0.05, 0) is 42.5 Å². The van der Waals surface area contributed by atoms with Crippen LogP contribution in [0.5, 0.6) is 0 Å². The number of rotatable bonds is 4. The largest absolute Gasteiger partial charge is 0.362 e. The minimum atomic E-state index is -0.526. The first kappa shape index (κ1) is 18.9. The third-order valence-corrected chi connectivity index (χ3v) is 4.71. The summed E-state index contributed by atoms with van der Waals surface area (Å²) >= 11 is 6.02. The highest BCUT2D eigenvalue weighted by Crippen LogP contribution is 2.32. The Labute approximate surface area is 171 Å². The molecule has 0 atom stereocenters. The second-order valence-electron chi connectivity index (χ2n) is 6.65. The van der Waals surface area contributed by atoms with Crippen LogP contribution in [-0.2, 0) is 0 Å². The van der Waals surface area contributed by atoms with Gasteiger partial charge >= 0.3 is 0 Å². The van der Waals surface area contributed by atoms with Crippen molar-refractivity contribution in [2.45, 2.75) is 0 Å². The smallest absolute Gasteiger partial charge is 0.257 e. The maximum Gasteiger partial charge on any atom is 0.257 e. The van der Waals surface area contributed by atoms with E-state index in [-0.39, 0.29) is 11.1 Å². The van der Waals surface area contributed by atoms with Crippen molar-refractivity contribution in [3.05, 3.63) is 76.1 Å². The van der Waals surface area contributed by atoms with E-state index in [0.717, 1.165) is 11.1 Å². The van der Waals surface area contributed by atoms with Crippen molar-refractivity contribution in [1.82, 2.24) is 15.0 Å². The van der Waals surface area contributed by atoms with Gasteiger partial charge in [-0.3, -0.25) is 4.79 Å². The van der Waals surface area contributed by atoms with Gasteiger partial charge in [0.15, 0.2) is 5.65 Å². The quantitative estimate of drug-likeness (QED) is 0.515. The lowest BCUT2D eigenvalue weighted by Crippen LogP contribution is -2.20. The van der Waals surface area contributed by atoms with Crippen LogP contribution in [0.2, 0.25) is 5.02 Å². The van der Waals surface area contributed by atoms with Crippen molar-refractivity contribution < 1.29 is 4.39 Å². The van der Waals surface area contributed by atoms with Crippen molar-refractivity contribution in [3.63, 3.8) is 0 Å². The first-order valence-electron chi connectivity index (χ1n) is 8.81. The predicted octanol–water partition coefficient (Wildman–Crippen LogP) is 4.59. The Morgan fingerprint density at radius 3 is 2.62 bits per heavy atom. The van der Waals surface area contributed by atoms with E-state index < -0.39 is 11.4 Å². The Bertz CT molecular complexity index is 1270. The molecule has 0 spiro atoms. The molecule has 0 saturated heterocycles. The zero-order valence-corrected chi connectivity index (χ0v) is 16.5. The number of H-pyrrole nitrogens is 1. The van der Waals surface area contributed by atoms with Crippen LogP contribution < -0.4 is 15.8 Å². The van der Waals surface area contributed by atoms with Gasteiger partial charge in [0.2, 0.25) is 0 Å². The molecule has 8 heteroatoms. The van der Waals surface area contributed by atoms with Gasteiger partial charge in [-0.1, -0.05) is 11.6 Å². The summed E-state index contributed by atoms with van der Waals surface area (Å²) in [4.78, 5) is 25.8. The van der Waals surface area contributed by atoms with E-state index in [1.807, 2.05) is 32.3 Å². The van der Waals surface area contributed by atoms with Crippen LogP contribution in [0.15, 0.2) is 59.7 Å². The zero-order valence-electron chi connectivity index (χ0n) is 15.7. The molecule has 0 aliphatic rings. The van der Waals surface area contributed by atoms with Gasteiger partial charge in [0.25, 0.3) is 5.56 Å². The first-order valence-corrected chi connectivity index (χ1v) is 9.18. The average molecular weight is 410 g/mol. The summed E-state index contributed by atoms with van der Waals surface area (Å²) in [6, 6.07) is 11.3. The van der Waals surface area contributed by atoms with E-state index in [4.69, 9.17) is 11.6 Å². The highest BCUT2D eigenvalue weighted by molar-refractivity contribution is 6.30. The summed E-state index contributed by atoms with van der Waals surface area (Å²) in [6.07, 6.45) is 3.32. The number of anilines is 3. The van der Waals surface area contributed by atoms with Crippen LogP contribution in [-0.4, -0.2) is 29.0 Å². The number of aromatic nitrogens is 3. The van der Waals surface area contributed by atoms with Crippen molar-refractivity contribution in [3.8, 4) is 11.1 Å². The number of aromatic amines is 1. The molecule has 2 N–H and O–H groups in total. The Hall–Kier alpha value is -3.45. The molecule has 3 heterocycles. The van der Waals surface area contributed by atoms with Gasteiger partial charge in [0, 0.05) is 42.5 Å². The lowest BCUT2D eigenvalue weighted by molar-refractivity contribution is 0.631. The van der Waals surface area contributed by atoms with Crippen LogP contribution >= 0.6 is 11.6 Å². The molecule has 0 fully saturated rings. The van der Waals surface area contributed by atoms with Crippen molar-refractivity contribution >= 4 is 39.8 Å². The van der Waals surface area contributed by atoms with Crippen LogP contribution in [0, 0.1) is 5.82 Å². The van der Waals surface area contributed by atoms with E-state index >= 15 is 0 Å². The van der Waals surface area contributed by atoms with Crippen LogP contribution in [0.4, 0.5) is 21.6 Å². The van der Waals surface area contributed by atoms with E-state index in [9.17, 15) is 9.18 Å². The van der Waals surface area contributed by atoms with Gasteiger partial charge in [0.05, 0.1) is 16.9 Å². The second-order valence-corrected chi connectivity index (χ2v) is 7.09. The van der Waals surface area contributed by atoms with E-state index in [1.54, 1.807) is 23.4 Å². The minimum Gasteiger partial charge on any atom is -0.362 e. The number of hydrogen-bond donors (Lipinski definition) is 2. The number of nitrogens with zero attached hydrogens (tertiary/aromatic N) is 3. The Kier molecular flexibility index (Phi) is 4.90. The minimum absolute atomic E-state index is 0.133. The molecule has 4 aromatic rings. The first-order chi connectivity index (χ1) is 13.9. The molecule has 1 aromatic carbocycles. The summed E-state index contributed by atoms with van der Waals surface area (Å²) < 4.78 is 14.4. The van der Waals surface area contributed by atoms with Crippen LogP contribution in [0.3, 0.4) is 0 Å². The lowest BCUT2D eigenvalue weighted by Gasteiger charge is -2.20. The van der Waals surface area contributed by atoms with Crippen molar-refractivity contribution in [2.24, 2.45) is 0 Å². The van der Waals surface area contributed by atoms with Crippen molar-refractivity contribution in [2.75, 3.05) is 24.3 Å². The van der Waals surface area contributed by atoms with Crippen LogP contribution in [0.25, 0.3) is 22.2 Å².